The SMILES string of the molecule is COCc1cnc2c(c1SCc1cccc(C(F)(F)F)c1)c(=O)n(C)c(=O)n2C. The molecule has 0 aliphatic carbocycles. The van der Waals surface area contributed by atoms with Crippen LogP contribution < -0.4 is 11.2 Å². The van der Waals surface area contributed by atoms with Crippen molar-refractivity contribution >= 4 is 22.8 Å². The Balaban J connectivity index is 2.12. The maximum atomic E-state index is 13.0. The number of hydrogen-bond donors (Lipinski definition) is 0. The highest BCUT2D eigenvalue weighted by atomic mass is 32.2. The van der Waals surface area contributed by atoms with Crippen LogP contribution >= 0.6 is 11.8 Å². The Morgan fingerprint density at radius 1 is 1.17 bits per heavy atom. The molecule has 0 spiro atoms. The maximum absolute atomic E-state index is 13.0. The first kappa shape index (κ1) is 21.1. The number of alkyl halides is 3. The van der Waals surface area contributed by atoms with E-state index in [9.17, 15) is 22.8 Å². The number of hydrogen-bond acceptors (Lipinski definition) is 5. The second-order valence-electron chi connectivity index (χ2n) is 6.44. The van der Waals surface area contributed by atoms with E-state index in [1.807, 2.05) is 0 Å². The van der Waals surface area contributed by atoms with Crippen molar-refractivity contribution in [1.29, 1.82) is 0 Å². The number of pyridine rings is 1. The highest BCUT2D eigenvalue weighted by Crippen LogP contribution is 2.33. The molecule has 0 atom stereocenters. The predicted molar refractivity (Wildman–Crippen MR) is 104 cm³/mol. The fourth-order valence-corrected chi connectivity index (χ4v) is 4.07. The van der Waals surface area contributed by atoms with Crippen molar-refractivity contribution in [2.24, 2.45) is 14.1 Å². The lowest BCUT2D eigenvalue weighted by Gasteiger charge is -2.14. The van der Waals surface area contributed by atoms with E-state index in [-0.39, 0.29) is 23.4 Å². The minimum absolute atomic E-state index is 0.167. The van der Waals surface area contributed by atoms with Gasteiger partial charge in [0.15, 0.2) is 0 Å². The minimum Gasteiger partial charge on any atom is -0.380 e. The molecule has 0 fully saturated rings. The Labute approximate surface area is 167 Å². The van der Waals surface area contributed by atoms with Gasteiger partial charge in [-0.25, -0.2) is 9.78 Å². The molecule has 0 amide bonds. The van der Waals surface area contributed by atoms with Gasteiger partial charge in [-0.05, 0) is 11.6 Å². The van der Waals surface area contributed by atoms with Crippen LogP contribution in [0.25, 0.3) is 11.0 Å². The summed E-state index contributed by atoms with van der Waals surface area (Å²) < 4.78 is 46.4. The Bertz CT molecular complexity index is 1190. The van der Waals surface area contributed by atoms with Gasteiger partial charge in [-0.1, -0.05) is 18.2 Å². The zero-order chi connectivity index (χ0) is 21.3. The van der Waals surface area contributed by atoms with Crippen LogP contribution in [-0.2, 0) is 37.4 Å². The van der Waals surface area contributed by atoms with Crippen molar-refractivity contribution in [3.05, 3.63) is 68.0 Å². The van der Waals surface area contributed by atoms with Crippen molar-refractivity contribution in [2.75, 3.05) is 7.11 Å². The molecule has 0 aliphatic rings. The molecular weight excluding hydrogens is 407 g/mol. The van der Waals surface area contributed by atoms with Gasteiger partial charge in [0.05, 0.1) is 17.6 Å². The topological polar surface area (TPSA) is 66.1 Å². The van der Waals surface area contributed by atoms with Crippen LogP contribution in [0.2, 0.25) is 0 Å². The van der Waals surface area contributed by atoms with Crippen LogP contribution in [0.4, 0.5) is 13.2 Å². The summed E-state index contributed by atoms with van der Waals surface area (Å²) in [7, 11) is 4.37. The van der Waals surface area contributed by atoms with Crippen molar-refractivity contribution in [3.63, 3.8) is 0 Å². The van der Waals surface area contributed by atoms with Gasteiger partial charge < -0.3 is 4.74 Å². The second-order valence-corrected chi connectivity index (χ2v) is 7.42. The van der Waals surface area contributed by atoms with E-state index >= 15 is 0 Å². The first-order chi connectivity index (χ1) is 13.6. The van der Waals surface area contributed by atoms with E-state index in [0.29, 0.717) is 16.0 Å². The average Bonchev–Trinajstić information content (AvgIpc) is 2.69. The molecule has 29 heavy (non-hydrogen) atoms. The highest BCUT2D eigenvalue weighted by molar-refractivity contribution is 7.98. The van der Waals surface area contributed by atoms with Crippen molar-refractivity contribution in [3.8, 4) is 0 Å². The van der Waals surface area contributed by atoms with Gasteiger partial charge in [-0.2, -0.15) is 13.2 Å². The zero-order valence-electron chi connectivity index (χ0n) is 15.9. The fraction of sp³-hybridized carbons (Fsp3) is 0.316. The molecule has 2 aromatic heterocycles. The highest BCUT2D eigenvalue weighted by Gasteiger charge is 2.30. The molecule has 0 aliphatic heterocycles. The molecule has 154 valence electrons. The number of thioether (sulfide) groups is 1. The zero-order valence-corrected chi connectivity index (χ0v) is 16.7. The van der Waals surface area contributed by atoms with Gasteiger partial charge in [-0.15, -0.1) is 11.8 Å². The van der Waals surface area contributed by atoms with Gasteiger partial charge in [0.1, 0.15) is 5.65 Å². The van der Waals surface area contributed by atoms with Crippen LogP contribution in [0, 0.1) is 0 Å². The average molecular weight is 425 g/mol. The summed E-state index contributed by atoms with van der Waals surface area (Å²) in [6.45, 7) is 0.167. The molecule has 0 N–H and O–H groups in total. The number of halogens is 3. The Kier molecular flexibility index (Phi) is 5.85. The summed E-state index contributed by atoms with van der Waals surface area (Å²) in [5, 5.41) is 0.237. The number of aryl methyl sites for hydroxylation is 1. The number of benzene rings is 1. The predicted octanol–water partition coefficient (Wildman–Crippen LogP) is 3.09. The number of rotatable bonds is 5. The summed E-state index contributed by atoms with van der Waals surface area (Å²) in [5.41, 5.74) is -0.467. The maximum Gasteiger partial charge on any atom is 0.416 e. The van der Waals surface area contributed by atoms with Crippen LogP contribution in [0.3, 0.4) is 0 Å². The summed E-state index contributed by atoms with van der Waals surface area (Å²) in [5.74, 6) is 0.200. The standard InChI is InChI=1S/C19H18F3N3O3S/c1-24-16-14(17(26)25(2)18(24)27)15(12(8-23-16)9-28-3)29-10-11-5-4-6-13(7-11)19(20,21)22/h4-8H,9-10H2,1-3H3. The lowest BCUT2D eigenvalue weighted by atomic mass is 10.1. The molecule has 1 aromatic carbocycles. The van der Waals surface area contributed by atoms with Crippen LogP contribution in [-0.4, -0.2) is 21.2 Å². The molecular formula is C19H18F3N3O3S. The van der Waals surface area contributed by atoms with Gasteiger partial charge in [0.25, 0.3) is 5.56 Å². The molecule has 3 aromatic rings. The van der Waals surface area contributed by atoms with E-state index in [0.717, 1.165) is 16.7 Å². The number of methoxy groups -OCH3 is 1. The lowest BCUT2D eigenvalue weighted by molar-refractivity contribution is -0.137. The Morgan fingerprint density at radius 3 is 2.55 bits per heavy atom. The third kappa shape index (κ3) is 4.08. The molecule has 0 radical (unpaired) electrons. The molecule has 0 saturated carbocycles. The fourth-order valence-electron chi connectivity index (χ4n) is 2.96. The minimum atomic E-state index is -4.43. The van der Waals surface area contributed by atoms with Crippen molar-refractivity contribution < 1.29 is 17.9 Å². The quantitative estimate of drug-likeness (QED) is 0.588. The van der Waals surface area contributed by atoms with Crippen LogP contribution in [0.5, 0.6) is 0 Å². The number of ether oxygens (including phenoxy) is 1. The van der Waals surface area contributed by atoms with Gasteiger partial charge in [0, 0.05) is 43.6 Å². The van der Waals surface area contributed by atoms with E-state index in [2.05, 4.69) is 4.98 Å². The van der Waals surface area contributed by atoms with E-state index in [1.54, 1.807) is 6.07 Å². The third-order valence-corrected chi connectivity index (χ3v) is 5.67. The molecule has 0 saturated heterocycles. The molecule has 3 rings (SSSR count). The summed E-state index contributed by atoms with van der Waals surface area (Å²) in [6.07, 6.45) is -2.92. The van der Waals surface area contributed by atoms with Crippen molar-refractivity contribution in [2.45, 2.75) is 23.4 Å². The third-order valence-electron chi connectivity index (χ3n) is 4.43. The lowest BCUT2D eigenvalue weighted by Crippen LogP contribution is -2.37. The van der Waals surface area contributed by atoms with Gasteiger partial charge in [-0.3, -0.25) is 13.9 Å². The van der Waals surface area contributed by atoms with E-state index < -0.39 is 23.0 Å². The second kappa shape index (κ2) is 8.03. The number of fused-ring (bicyclic) bond motifs is 1. The molecule has 10 heteroatoms. The molecule has 0 unspecified atom stereocenters. The summed E-state index contributed by atoms with van der Waals surface area (Å²) >= 11 is 1.21. The van der Waals surface area contributed by atoms with Gasteiger partial charge in [0.2, 0.25) is 0 Å². The Hall–Kier alpha value is -2.59. The number of aromatic nitrogens is 3. The van der Waals surface area contributed by atoms with Crippen LogP contribution in [0.1, 0.15) is 16.7 Å². The largest absolute Gasteiger partial charge is 0.416 e. The van der Waals surface area contributed by atoms with Crippen molar-refractivity contribution in [1.82, 2.24) is 14.1 Å². The van der Waals surface area contributed by atoms with Crippen LogP contribution in [0.15, 0.2) is 44.9 Å². The van der Waals surface area contributed by atoms with E-state index in [1.165, 1.54) is 49.8 Å². The summed E-state index contributed by atoms with van der Waals surface area (Å²) in [6, 6.07) is 5.04. The molecule has 6 nitrogen and oxygen atoms in total. The number of nitrogens with zero attached hydrogens (tertiary/aromatic N) is 3. The molecule has 2 heterocycles. The van der Waals surface area contributed by atoms with Gasteiger partial charge >= 0.3 is 11.9 Å². The molecule has 0 bridgehead atoms. The normalized spacial score (nSPS) is 11.9. The first-order valence-electron chi connectivity index (χ1n) is 8.50. The first-order valence-corrected chi connectivity index (χ1v) is 9.49. The van der Waals surface area contributed by atoms with E-state index in [4.69, 9.17) is 4.74 Å². The Morgan fingerprint density at radius 2 is 1.90 bits per heavy atom. The monoisotopic (exact) mass is 425 g/mol. The smallest absolute Gasteiger partial charge is 0.380 e. The summed E-state index contributed by atoms with van der Waals surface area (Å²) in [4.78, 5) is 29.7.